The minimum atomic E-state index is -1.30. The third-order valence-corrected chi connectivity index (χ3v) is 2.40. The molecule has 0 saturated carbocycles. The molecule has 7 heteroatoms. The molecule has 0 atom stereocenters. The average Bonchev–Trinajstić information content (AvgIpc) is 2.43. The van der Waals surface area contributed by atoms with Crippen molar-refractivity contribution in [3.63, 3.8) is 0 Å². The summed E-state index contributed by atoms with van der Waals surface area (Å²) in [6.07, 6.45) is 2.46. The number of benzene rings is 1. The Morgan fingerprint density at radius 2 is 1.81 bits per heavy atom. The van der Waals surface area contributed by atoms with E-state index in [4.69, 9.17) is 15.5 Å². The lowest BCUT2D eigenvalue weighted by molar-refractivity contribution is -0.147. The number of carbonyl (C=O) groups is 3. The molecule has 0 radical (unpaired) electrons. The number of hydrogen-bond donors (Lipinski definition) is 2. The number of rotatable bonds is 6. The molecule has 0 heterocycles. The maximum Gasteiger partial charge on any atom is 0.323 e. The largest absolute Gasteiger partial charge is 0.480 e. The van der Waals surface area contributed by atoms with Crippen molar-refractivity contribution in [3.05, 3.63) is 41.5 Å². The van der Waals surface area contributed by atoms with Crippen LogP contribution in [0.1, 0.15) is 11.1 Å². The lowest BCUT2D eigenvalue weighted by Crippen LogP contribution is -2.38. The van der Waals surface area contributed by atoms with Crippen molar-refractivity contribution >= 4 is 23.9 Å². The molecule has 2 N–H and O–H groups in total. The van der Waals surface area contributed by atoms with Gasteiger partial charge in [-0.2, -0.15) is 5.26 Å². The van der Waals surface area contributed by atoms with Crippen molar-refractivity contribution in [2.24, 2.45) is 0 Å². The number of carboxylic acid groups (broad SMARTS) is 2. The van der Waals surface area contributed by atoms with Crippen LogP contribution in [-0.4, -0.2) is 46.0 Å². The van der Waals surface area contributed by atoms with Gasteiger partial charge in [-0.05, 0) is 23.8 Å². The summed E-state index contributed by atoms with van der Waals surface area (Å²) in [5.41, 5.74) is 0.991. The van der Waals surface area contributed by atoms with Gasteiger partial charge in [0.2, 0.25) is 5.91 Å². The predicted molar refractivity (Wildman–Crippen MR) is 72.0 cm³/mol. The first kappa shape index (κ1) is 15.9. The monoisotopic (exact) mass is 288 g/mol. The van der Waals surface area contributed by atoms with E-state index in [1.54, 1.807) is 24.3 Å². The van der Waals surface area contributed by atoms with Crippen LogP contribution in [0.4, 0.5) is 0 Å². The zero-order valence-electron chi connectivity index (χ0n) is 10.9. The molecule has 0 unspecified atom stereocenters. The predicted octanol–water partition coefficient (Wildman–Crippen LogP) is 0.569. The number of aliphatic carboxylic acids is 2. The first-order chi connectivity index (χ1) is 9.92. The van der Waals surface area contributed by atoms with E-state index < -0.39 is 30.9 Å². The van der Waals surface area contributed by atoms with E-state index in [-0.39, 0.29) is 0 Å². The molecule has 0 bridgehead atoms. The molecule has 108 valence electrons. The van der Waals surface area contributed by atoms with E-state index in [1.165, 1.54) is 6.08 Å². The van der Waals surface area contributed by atoms with Gasteiger partial charge in [0.25, 0.3) is 0 Å². The number of carbonyl (C=O) groups excluding carboxylic acids is 1. The molecule has 1 rings (SSSR count). The molecule has 1 aromatic rings. The fraction of sp³-hybridized carbons (Fsp3) is 0.143. The van der Waals surface area contributed by atoms with E-state index in [1.807, 2.05) is 6.07 Å². The highest BCUT2D eigenvalue weighted by Gasteiger charge is 2.17. The number of nitrogens with zero attached hydrogens (tertiary/aromatic N) is 2. The molecule has 0 spiro atoms. The van der Waals surface area contributed by atoms with Crippen molar-refractivity contribution in [1.29, 1.82) is 5.26 Å². The summed E-state index contributed by atoms with van der Waals surface area (Å²) >= 11 is 0. The molecule has 0 saturated heterocycles. The van der Waals surface area contributed by atoms with Gasteiger partial charge in [-0.25, -0.2) is 0 Å². The topological polar surface area (TPSA) is 119 Å². The number of carboxylic acids is 2. The molecule has 21 heavy (non-hydrogen) atoms. The van der Waals surface area contributed by atoms with Crippen molar-refractivity contribution < 1.29 is 24.6 Å². The third kappa shape index (κ3) is 5.57. The van der Waals surface area contributed by atoms with Crippen molar-refractivity contribution in [3.8, 4) is 6.07 Å². The minimum absolute atomic E-state index is 0.414. The van der Waals surface area contributed by atoms with Gasteiger partial charge in [0.05, 0.1) is 11.6 Å². The molecule has 0 aliphatic carbocycles. The van der Waals surface area contributed by atoms with Crippen LogP contribution in [-0.2, 0) is 14.4 Å². The quantitative estimate of drug-likeness (QED) is 0.738. The van der Waals surface area contributed by atoms with Crippen LogP contribution in [0, 0.1) is 11.3 Å². The molecular weight excluding hydrogens is 276 g/mol. The lowest BCUT2D eigenvalue weighted by atomic mass is 10.1. The first-order valence-electron chi connectivity index (χ1n) is 5.83. The SMILES string of the molecule is N#Cc1cccc(C=CC(=O)N(CC(=O)O)CC(=O)O)c1. The molecule has 1 aromatic carbocycles. The Labute approximate surface area is 120 Å². The van der Waals surface area contributed by atoms with Gasteiger partial charge in [0.15, 0.2) is 0 Å². The van der Waals surface area contributed by atoms with E-state index in [0.717, 1.165) is 6.08 Å². The van der Waals surface area contributed by atoms with Crippen LogP contribution >= 0.6 is 0 Å². The molecule has 1 amide bonds. The van der Waals surface area contributed by atoms with Crippen molar-refractivity contribution in [2.45, 2.75) is 0 Å². The Balaban J connectivity index is 2.84. The summed E-state index contributed by atoms with van der Waals surface area (Å²) in [5.74, 6) is -3.34. The number of hydrogen-bond acceptors (Lipinski definition) is 4. The second-order valence-corrected chi connectivity index (χ2v) is 4.05. The Morgan fingerprint density at radius 3 is 2.33 bits per heavy atom. The van der Waals surface area contributed by atoms with Gasteiger partial charge in [-0.3, -0.25) is 14.4 Å². The normalized spacial score (nSPS) is 10.0. The van der Waals surface area contributed by atoms with Crippen molar-refractivity contribution in [2.75, 3.05) is 13.1 Å². The first-order valence-corrected chi connectivity index (χ1v) is 5.83. The van der Waals surface area contributed by atoms with Gasteiger partial charge >= 0.3 is 11.9 Å². The summed E-state index contributed by atoms with van der Waals surface area (Å²) in [5, 5.41) is 26.1. The molecule has 0 aliphatic rings. The van der Waals surface area contributed by atoms with Crippen LogP contribution in [0.25, 0.3) is 6.08 Å². The molecule has 7 nitrogen and oxygen atoms in total. The molecule has 0 fully saturated rings. The maximum absolute atomic E-state index is 11.8. The van der Waals surface area contributed by atoms with Gasteiger partial charge in [0.1, 0.15) is 13.1 Å². The van der Waals surface area contributed by atoms with Crippen LogP contribution in [0.2, 0.25) is 0 Å². The van der Waals surface area contributed by atoms with Gasteiger partial charge in [-0.15, -0.1) is 0 Å². The van der Waals surface area contributed by atoms with Gasteiger partial charge < -0.3 is 15.1 Å². The van der Waals surface area contributed by atoms with Crippen molar-refractivity contribution in [1.82, 2.24) is 4.90 Å². The van der Waals surface area contributed by atoms with Crippen LogP contribution < -0.4 is 0 Å². The highest BCUT2D eigenvalue weighted by Crippen LogP contribution is 2.06. The minimum Gasteiger partial charge on any atom is -0.480 e. The lowest BCUT2D eigenvalue weighted by Gasteiger charge is -2.16. The average molecular weight is 288 g/mol. The van der Waals surface area contributed by atoms with E-state index in [2.05, 4.69) is 0 Å². The second kappa shape index (κ2) is 7.45. The Morgan fingerprint density at radius 1 is 1.19 bits per heavy atom. The molecule has 0 aliphatic heterocycles. The number of nitriles is 1. The number of amides is 1. The molecular formula is C14H12N2O5. The Kier molecular flexibility index (Phi) is 5.65. The maximum atomic E-state index is 11.8. The highest BCUT2D eigenvalue weighted by atomic mass is 16.4. The summed E-state index contributed by atoms with van der Waals surface area (Å²) < 4.78 is 0. The fourth-order valence-corrected chi connectivity index (χ4v) is 1.52. The standard InChI is InChI=1S/C14H12N2O5/c15-7-11-3-1-2-10(6-11)4-5-12(17)16(8-13(18)19)9-14(20)21/h1-6H,8-9H2,(H,18,19)(H,20,21). The van der Waals surface area contributed by atoms with E-state index in [0.29, 0.717) is 16.0 Å². The summed E-state index contributed by atoms with van der Waals surface area (Å²) in [6.45, 7) is -1.40. The van der Waals surface area contributed by atoms with Crippen LogP contribution in [0.3, 0.4) is 0 Å². The summed E-state index contributed by atoms with van der Waals surface area (Å²) in [7, 11) is 0. The van der Waals surface area contributed by atoms with Gasteiger partial charge in [0, 0.05) is 6.08 Å². The smallest absolute Gasteiger partial charge is 0.323 e. The van der Waals surface area contributed by atoms with Crippen LogP contribution in [0.15, 0.2) is 30.3 Å². The summed E-state index contributed by atoms with van der Waals surface area (Å²) in [6, 6.07) is 8.38. The fourth-order valence-electron chi connectivity index (χ4n) is 1.52. The second-order valence-electron chi connectivity index (χ2n) is 4.05. The summed E-state index contributed by atoms with van der Waals surface area (Å²) in [4.78, 5) is 33.7. The van der Waals surface area contributed by atoms with Gasteiger partial charge in [-0.1, -0.05) is 12.1 Å². The Bertz CT molecular complexity index is 614. The molecule has 0 aromatic heterocycles. The highest BCUT2D eigenvalue weighted by molar-refractivity contribution is 5.95. The van der Waals surface area contributed by atoms with E-state index in [9.17, 15) is 14.4 Å². The Hall–Kier alpha value is -3.14. The third-order valence-electron chi connectivity index (χ3n) is 2.40. The van der Waals surface area contributed by atoms with E-state index >= 15 is 0 Å². The zero-order valence-corrected chi connectivity index (χ0v) is 10.9. The zero-order chi connectivity index (χ0) is 15.8. The van der Waals surface area contributed by atoms with Crippen LogP contribution in [0.5, 0.6) is 0 Å².